The minimum atomic E-state index is -0.459. The van der Waals surface area contributed by atoms with E-state index < -0.39 is 5.91 Å². The quantitative estimate of drug-likeness (QED) is 0.289. The predicted octanol–water partition coefficient (Wildman–Crippen LogP) is 6.35. The molecule has 7 nitrogen and oxygen atoms in total. The summed E-state index contributed by atoms with van der Waals surface area (Å²) in [4.78, 5) is 17.2. The number of amidine groups is 2. The Balaban J connectivity index is 1.28. The fourth-order valence-corrected chi connectivity index (χ4v) is 5.34. The molecule has 9 heteroatoms. The molecular formula is C29H22ClN5O2S. The number of ether oxygens (including phenoxy) is 1. The Bertz CT molecular complexity index is 1690. The highest BCUT2D eigenvalue weighted by molar-refractivity contribution is 8.27. The van der Waals surface area contributed by atoms with Crippen molar-refractivity contribution in [1.29, 1.82) is 5.41 Å². The summed E-state index contributed by atoms with van der Waals surface area (Å²) in [6.07, 6.45) is 3.73. The minimum Gasteiger partial charge on any atom is -0.486 e. The van der Waals surface area contributed by atoms with Gasteiger partial charge in [-0.15, -0.1) is 0 Å². The van der Waals surface area contributed by atoms with E-state index in [1.807, 2.05) is 85.9 Å². The molecule has 2 aliphatic heterocycles. The molecule has 3 heterocycles. The Morgan fingerprint density at radius 1 is 1.05 bits per heavy atom. The molecule has 1 N–H and O–H groups in total. The number of fused-ring (bicyclic) bond motifs is 2. The van der Waals surface area contributed by atoms with Gasteiger partial charge in [0, 0.05) is 34.2 Å². The number of thioether (sulfide) groups is 1. The fraction of sp³-hybridized carbons (Fsp3) is 0.103. The summed E-state index contributed by atoms with van der Waals surface area (Å²) in [6, 6.07) is 23.5. The van der Waals surface area contributed by atoms with Crippen molar-refractivity contribution in [1.82, 2.24) is 9.58 Å². The number of nitrogens with one attached hydrogen (secondary N) is 1. The largest absolute Gasteiger partial charge is 0.486 e. The molecule has 0 fully saturated rings. The van der Waals surface area contributed by atoms with Crippen molar-refractivity contribution in [3.63, 3.8) is 0 Å². The molecule has 0 atom stereocenters. The van der Waals surface area contributed by atoms with E-state index in [1.54, 1.807) is 6.08 Å². The van der Waals surface area contributed by atoms with E-state index in [-0.39, 0.29) is 18.0 Å². The number of amides is 1. The fourth-order valence-electron chi connectivity index (χ4n) is 4.41. The molecule has 0 radical (unpaired) electrons. The lowest BCUT2D eigenvalue weighted by Gasteiger charge is -2.20. The van der Waals surface area contributed by atoms with Gasteiger partial charge in [0.15, 0.2) is 5.84 Å². The third kappa shape index (κ3) is 4.64. The van der Waals surface area contributed by atoms with Crippen molar-refractivity contribution >= 4 is 62.3 Å². The standard InChI is InChI=1S/C29H22ClN5O2S/c1-18-6-2-5-9-25(18)37-17-26-33-35-27(31)23(28(36)32-29(35)38-26)14-20-16-34(24-8-4-3-7-22(20)24)15-19-10-12-21(30)13-11-19/h2-14,16,31H,15,17H2,1H3. The van der Waals surface area contributed by atoms with Gasteiger partial charge >= 0.3 is 0 Å². The molecule has 0 saturated heterocycles. The molecule has 6 rings (SSSR count). The number of rotatable bonds is 6. The Hall–Kier alpha value is -4.14. The lowest BCUT2D eigenvalue weighted by molar-refractivity contribution is -0.114. The van der Waals surface area contributed by atoms with Crippen molar-refractivity contribution in [3.05, 3.63) is 106 Å². The average molecular weight is 540 g/mol. The Labute approximate surface area is 228 Å². The zero-order valence-electron chi connectivity index (χ0n) is 20.4. The van der Waals surface area contributed by atoms with Crippen molar-refractivity contribution in [3.8, 4) is 5.75 Å². The maximum absolute atomic E-state index is 13.0. The van der Waals surface area contributed by atoms with E-state index >= 15 is 0 Å². The third-order valence-corrected chi connectivity index (χ3v) is 7.46. The number of nitrogens with zero attached hydrogens (tertiary/aromatic N) is 4. The summed E-state index contributed by atoms with van der Waals surface area (Å²) < 4.78 is 8.03. The van der Waals surface area contributed by atoms with E-state index in [4.69, 9.17) is 21.7 Å². The lowest BCUT2D eigenvalue weighted by Crippen LogP contribution is -2.35. The number of aliphatic imine (C=N–C) groups is 1. The van der Waals surface area contributed by atoms with Crippen LogP contribution in [0, 0.1) is 12.3 Å². The van der Waals surface area contributed by atoms with E-state index in [0.717, 1.165) is 33.3 Å². The topological polar surface area (TPSA) is 83.0 Å². The first-order chi connectivity index (χ1) is 18.5. The SMILES string of the molecule is Cc1ccccc1OCC1=NN2C(=N)C(=Cc3cn(Cc4ccc(Cl)cc4)c4ccccc34)C(=O)N=C2S1. The normalized spacial score (nSPS) is 16.2. The number of halogens is 1. The van der Waals surface area contributed by atoms with Crippen molar-refractivity contribution in [2.75, 3.05) is 6.61 Å². The highest BCUT2D eigenvalue weighted by Crippen LogP contribution is 2.31. The highest BCUT2D eigenvalue weighted by atomic mass is 35.5. The number of aromatic nitrogens is 1. The number of carbonyl (C=O) groups is 1. The zero-order chi connectivity index (χ0) is 26.2. The molecule has 0 aliphatic carbocycles. The number of hydrogen-bond donors (Lipinski definition) is 1. The molecule has 4 aromatic rings. The van der Waals surface area contributed by atoms with Crippen LogP contribution in [-0.4, -0.2) is 38.1 Å². The van der Waals surface area contributed by atoms with Crippen LogP contribution < -0.4 is 4.74 Å². The Kier molecular flexibility index (Phi) is 6.35. The number of benzene rings is 3. The molecule has 2 aliphatic rings. The minimum absolute atomic E-state index is 0.00655. The van der Waals surface area contributed by atoms with Gasteiger partial charge in [-0.3, -0.25) is 10.2 Å². The monoisotopic (exact) mass is 539 g/mol. The Morgan fingerprint density at radius 3 is 2.63 bits per heavy atom. The molecule has 0 saturated carbocycles. The summed E-state index contributed by atoms with van der Waals surface area (Å²) in [7, 11) is 0. The first-order valence-corrected chi connectivity index (χ1v) is 13.2. The molecule has 38 heavy (non-hydrogen) atoms. The summed E-state index contributed by atoms with van der Waals surface area (Å²) >= 11 is 7.29. The van der Waals surface area contributed by atoms with Crippen LogP contribution in [0.5, 0.6) is 5.75 Å². The van der Waals surface area contributed by atoms with Crippen LogP contribution >= 0.6 is 23.4 Å². The second kappa shape index (κ2) is 9.96. The third-order valence-electron chi connectivity index (χ3n) is 6.33. The van der Waals surface area contributed by atoms with Gasteiger partial charge in [0.25, 0.3) is 5.91 Å². The van der Waals surface area contributed by atoms with Crippen LogP contribution in [0.3, 0.4) is 0 Å². The highest BCUT2D eigenvalue weighted by Gasteiger charge is 2.36. The van der Waals surface area contributed by atoms with Gasteiger partial charge in [-0.05, 0) is 60.2 Å². The summed E-state index contributed by atoms with van der Waals surface area (Å²) in [5, 5.41) is 17.4. The van der Waals surface area contributed by atoms with Crippen LogP contribution in [-0.2, 0) is 11.3 Å². The van der Waals surface area contributed by atoms with Gasteiger partial charge < -0.3 is 9.30 Å². The molecule has 0 bridgehead atoms. The second-order valence-electron chi connectivity index (χ2n) is 8.92. The summed E-state index contributed by atoms with van der Waals surface area (Å²) in [5.41, 5.74) is 4.18. The van der Waals surface area contributed by atoms with Gasteiger partial charge in [0.05, 0.1) is 5.57 Å². The number of hydrazone groups is 1. The zero-order valence-corrected chi connectivity index (χ0v) is 22.0. The predicted molar refractivity (Wildman–Crippen MR) is 154 cm³/mol. The van der Waals surface area contributed by atoms with E-state index in [9.17, 15) is 4.79 Å². The van der Waals surface area contributed by atoms with E-state index in [2.05, 4.69) is 14.7 Å². The van der Waals surface area contributed by atoms with Crippen LogP contribution in [0.25, 0.3) is 17.0 Å². The number of para-hydroxylation sites is 2. The van der Waals surface area contributed by atoms with Gasteiger partial charge in [-0.1, -0.05) is 60.1 Å². The molecular weight excluding hydrogens is 518 g/mol. The molecule has 0 spiro atoms. The first-order valence-electron chi connectivity index (χ1n) is 12.0. The lowest BCUT2D eigenvalue weighted by atomic mass is 10.1. The van der Waals surface area contributed by atoms with Crippen molar-refractivity contribution in [2.24, 2.45) is 10.1 Å². The maximum Gasteiger partial charge on any atom is 0.283 e. The average Bonchev–Trinajstić information content (AvgIpc) is 3.48. The maximum atomic E-state index is 13.0. The van der Waals surface area contributed by atoms with Crippen LogP contribution in [0.1, 0.15) is 16.7 Å². The first kappa shape index (κ1) is 24.2. The van der Waals surface area contributed by atoms with E-state index in [1.165, 1.54) is 16.8 Å². The molecule has 0 unspecified atom stereocenters. The van der Waals surface area contributed by atoms with Crippen molar-refractivity contribution in [2.45, 2.75) is 13.5 Å². The van der Waals surface area contributed by atoms with Crippen molar-refractivity contribution < 1.29 is 9.53 Å². The second-order valence-corrected chi connectivity index (χ2v) is 10.4. The van der Waals surface area contributed by atoms with Crippen LogP contribution in [0.15, 0.2) is 94.7 Å². The number of carbonyl (C=O) groups excluding carboxylic acids is 1. The summed E-state index contributed by atoms with van der Waals surface area (Å²) in [5.74, 6) is 0.303. The molecule has 1 aromatic heterocycles. The molecule has 1 amide bonds. The number of aryl methyl sites for hydroxylation is 1. The number of hydrogen-bond acceptors (Lipinski definition) is 5. The smallest absolute Gasteiger partial charge is 0.283 e. The van der Waals surface area contributed by atoms with Gasteiger partial charge in [-0.25, -0.2) is 0 Å². The van der Waals surface area contributed by atoms with Crippen LogP contribution in [0.4, 0.5) is 0 Å². The summed E-state index contributed by atoms with van der Waals surface area (Å²) in [6.45, 7) is 2.85. The Morgan fingerprint density at radius 2 is 1.82 bits per heavy atom. The van der Waals surface area contributed by atoms with Gasteiger partial charge in [-0.2, -0.15) is 15.1 Å². The van der Waals surface area contributed by atoms with Gasteiger partial charge in [0.1, 0.15) is 17.4 Å². The van der Waals surface area contributed by atoms with E-state index in [0.29, 0.717) is 21.8 Å². The molecule has 188 valence electrons. The van der Waals surface area contributed by atoms with Crippen LogP contribution in [0.2, 0.25) is 5.02 Å². The van der Waals surface area contributed by atoms with Gasteiger partial charge in [0.2, 0.25) is 5.17 Å². The molecule has 3 aromatic carbocycles.